The van der Waals surface area contributed by atoms with Crippen LogP contribution in [-0.2, 0) is 16.8 Å². The molecule has 4 rings (SSSR count). The number of amides is 1. The van der Waals surface area contributed by atoms with Crippen LogP contribution >= 0.6 is 11.6 Å². The Hall–Kier alpha value is -3.41. The largest absolute Gasteiger partial charge is 0.461 e. The molecule has 0 unspecified atom stereocenters. The molecule has 40 heavy (non-hydrogen) atoms. The Bertz CT molecular complexity index is 1350. The number of rotatable bonds is 9. The molecule has 1 saturated carbocycles. The van der Waals surface area contributed by atoms with Gasteiger partial charge >= 0.3 is 18.7 Å². The van der Waals surface area contributed by atoms with E-state index in [0.717, 1.165) is 18.3 Å². The van der Waals surface area contributed by atoms with Crippen LogP contribution in [0.15, 0.2) is 66.9 Å². The summed E-state index contributed by atoms with van der Waals surface area (Å²) in [6.45, 7) is 0. The Morgan fingerprint density at radius 3 is 2.23 bits per heavy atom. The van der Waals surface area contributed by atoms with Gasteiger partial charge in [-0.15, -0.1) is 0 Å². The molecule has 1 aliphatic rings. The van der Waals surface area contributed by atoms with Gasteiger partial charge in [0.1, 0.15) is 22.5 Å². The summed E-state index contributed by atoms with van der Waals surface area (Å²) in [5.74, 6) is -3.73. The van der Waals surface area contributed by atoms with E-state index in [1.165, 1.54) is 12.1 Å². The van der Waals surface area contributed by atoms with E-state index in [2.05, 4.69) is 15.0 Å². The summed E-state index contributed by atoms with van der Waals surface area (Å²) in [5.41, 5.74) is -4.94. The molecule has 13 heteroatoms. The zero-order valence-corrected chi connectivity index (χ0v) is 21.2. The number of pyridine rings is 1. The van der Waals surface area contributed by atoms with E-state index in [1.54, 1.807) is 30.3 Å². The molecule has 0 aliphatic heterocycles. The maximum absolute atomic E-state index is 14.8. The predicted octanol–water partition coefficient (Wildman–Crippen LogP) is 7.45. The van der Waals surface area contributed by atoms with Gasteiger partial charge in [0.2, 0.25) is 5.91 Å². The Morgan fingerprint density at radius 2 is 1.70 bits per heavy atom. The quantitative estimate of drug-likeness (QED) is 0.263. The Kier molecular flexibility index (Phi) is 8.04. The third-order valence-electron chi connectivity index (χ3n) is 6.86. The highest BCUT2D eigenvalue weighted by atomic mass is 35.5. The van der Waals surface area contributed by atoms with Gasteiger partial charge in [-0.25, -0.2) is 4.39 Å². The monoisotopic (exact) mass is 592 g/mol. The van der Waals surface area contributed by atoms with Gasteiger partial charge in [0.25, 0.3) is 0 Å². The normalized spacial score (nSPS) is 16.6. The van der Waals surface area contributed by atoms with Crippen LogP contribution in [0.2, 0.25) is 5.02 Å². The Labute approximate surface area is 228 Å². The van der Waals surface area contributed by atoms with E-state index >= 15 is 0 Å². The predicted molar refractivity (Wildman–Crippen MR) is 129 cm³/mol. The first-order valence-electron chi connectivity index (χ1n) is 11.9. The molecule has 1 fully saturated rings. The smallest absolute Gasteiger partial charge is 0.428 e. The minimum Gasteiger partial charge on any atom is -0.428 e. The molecule has 1 aromatic heterocycles. The molecule has 1 heterocycles. The number of benzene rings is 2. The average Bonchev–Trinajstić information content (AvgIpc) is 2.82. The van der Waals surface area contributed by atoms with E-state index in [9.17, 15) is 39.9 Å². The van der Waals surface area contributed by atoms with E-state index in [1.807, 2.05) is 0 Å². The van der Waals surface area contributed by atoms with Crippen molar-refractivity contribution in [1.29, 1.82) is 0 Å². The van der Waals surface area contributed by atoms with Crippen LogP contribution in [0.5, 0.6) is 5.75 Å². The Balaban J connectivity index is 1.95. The van der Waals surface area contributed by atoms with Gasteiger partial charge in [0.05, 0.1) is 10.7 Å². The number of hydrogen-bond donors (Lipinski definition) is 1. The molecule has 3 aromatic rings. The molecular weight excluding hydrogens is 572 g/mol. The topological polar surface area (TPSA) is 51.2 Å². The van der Waals surface area contributed by atoms with Crippen molar-refractivity contribution in [3.8, 4) is 5.75 Å². The molecule has 0 saturated heterocycles. The summed E-state index contributed by atoms with van der Waals surface area (Å²) in [6, 6.07) is 12.5. The lowest BCUT2D eigenvalue weighted by molar-refractivity contribution is -0.253. The number of carbonyl (C=O) groups excluding carboxylic acids is 1. The van der Waals surface area contributed by atoms with E-state index in [0.29, 0.717) is 11.6 Å². The maximum Gasteiger partial charge on any atom is 0.461 e. The fraction of sp³-hybridized carbons (Fsp3) is 0.333. The summed E-state index contributed by atoms with van der Waals surface area (Å²) in [7, 11) is 0. The van der Waals surface area contributed by atoms with Gasteiger partial charge in [-0.3, -0.25) is 9.78 Å². The number of ether oxygens (including phenoxy) is 1. The zero-order chi connectivity index (χ0) is 29.3. The van der Waals surface area contributed by atoms with Crippen LogP contribution in [-0.4, -0.2) is 29.6 Å². The number of hydrogen-bond acceptors (Lipinski definition) is 3. The highest BCUT2D eigenvalue weighted by molar-refractivity contribution is 6.30. The summed E-state index contributed by atoms with van der Waals surface area (Å²) < 4.78 is 114. The average molecular weight is 593 g/mol. The first-order chi connectivity index (χ1) is 18.7. The van der Waals surface area contributed by atoms with Gasteiger partial charge in [0.15, 0.2) is 0 Å². The van der Waals surface area contributed by atoms with Crippen molar-refractivity contribution in [2.45, 2.75) is 49.9 Å². The third-order valence-corrected chi connectivity index (χ3v) is 7.08. The molecule has 214 valence electrons. The van der Waals surface area contributed by atoms with Gasteiger partial charge in [-0.1, -0.05) is 48.4 Å². The second-order valence-corrected chi connectivity index (χ2v) is 9.89. The lowest BCUT2D eigenvalue weighted by Crippen LogP contribution is -2.60. The molecule has 0 spiro atoms. The first-order valence-corrected chi connectivity index (χ1v) is 12.3. The molecule has 1 amide bonds. The van der Waals surface area contributed by atoms with Crippen LogP contribution in [0.1, 0.15) is 36.1 Å². The summed E-state index contributed by atoms with van der Waals surface area (Å²) in [6.07, 6.45) is -14.3. The Morgan fingerprint density at radius 1 is 1.02 bits per heavy atom. The molecule has 4 nitrogen and oxygen atoms in total. The molecular formula is C27H21ClF8N2O2. The van der Waals surface area contributed by atoms with Crippen molar-refractivity contribution in [2.75, 3.05) is 0 Å². The maximum atomic E-state index is 14.8. The molecule has 1 N–H and O–H groups in total. The second-order valence-electron chi connectivity index (χ2n) is 9.46. The lowest BCUT2D eigenvalue weighted by atomic mass is 9.66. The fourth-order valence-corrected chi connectivity index (χ4v) is 4.72. The number of alkyl halides is 7. The SMILES string of the molecule is O=C(N[C@@](Cc1ccccc1)(c1cc(F)cc(OC(F)(F)C(F)F)c1)c1ccc(Cl)cn1)C1(C(F)(F)F)CCC1. The van der Waals surface area contributed by atoms with Gasteiger partial charge in [-0.2, -0.15) is 30.7 Å². The summed E-state index contributed by atoms with van der Waals surface area (Å²) in [5, 5.41) is 2.52. The van der Waals surface area contributed by atoms with E-state index in [4.69, 9.17) is 11.6 Å². The summed E-state index contributed by atoms with van der Waals surface area (Å²) >= 11 is 5.96. The molecule has 0 bridgehead atoms. The van der Waals surface area contributed by atoms with Crippen molar-refractivity contribution in [1.82, 2.24) is 10.3 Å². The van der Waals surface area contributed by atoms with Crippen LogP contribution < -0.4 is 10.1 Å². The first kappa shape index (κ1) is 29.6. The van der Waals surface area contributed by atoms with Gasteiger partial charge in [0, 0.05) is 18.7 Å². The van der Waals surface area contributed by atoms with Crippen LogP contribution in [0.25, 0.3) is 0 Å². The number of halogens is 9. The number of carbonyl (C=O) groups is 1. The third kappa shape index (κ3) is 5.72. The highest BCUT2D eigenvalue weighted by Gasteiger charge is 2.64. The van der Waals surface area contributed by atoms with Crippen molar-refractivity contribution in [3.05, 3.63) is 94.5 Å². The standard InChI is InChI=1S/C27H21ClF8N2O2/c28-18-7-8-21(37-15-18)25(14-16-5-2-1-3-6-16,38-23(39)24(9-4-10-24)27(34,35)36)17-11-19(29)13-20(12-17)40-26(32,33)22(30)31/h1-3,5-8,11-13,15,22H,4,9-10,14H2,(H,38,39)/t25-/m0/s1. The van der Waals surface area contributed by atoms with E-state index < -0.39 is 60.0 Å². The molecule has 0 radical (unpaired) electrons. The van der Waals surface area contributed by atoms with Crippen LogP contribution in [0, 0.1) is 11.2 Å². The van der Waals surface area contributed by atoms with E-state index in [-0.39, 0.29) is 29.1 Å². The second kappa shape index (κ2) is 10.9. The van der Waals surface area contributed by atoms with Crippen LogP contribution in [0.3, 0.4) is 0 Å². The number of nitrogens with zero attached hydrogens (tertiary/aromatic N) is 1. The van der Waals surface area contributed by atoms with Crippen molar-refractivity contribution >= 4 is 17.5 Å². The van der Waals surface area contributed by atoms with Gasteiger partial charge < -0.3 is 10.1 Å². The minimum absolute atomic E-state index is 0.120. The fourth-order valence-electron chi connectivity index (χ4n) is 4.60. The van der Waals surface area contributed by atoms with Crippen LogP contribution in [0.4, 0.5) is 35.1 Å². The highest BCUT2D eigenvalue weighted by Crippen LogP contribution is 2.54. The lowest BCUT2D eigenvalue weighted by Gasteiger charge is -2.45. The van der Waals surface area contributed by atoms with Crippen molar-refractivity contribution < 1.29 is 44.7 Å². The zero-order valence-electron chi connectivity index (χ0n) is 20.4. The summed E-state index contributed by atoms with van der Waals surface area (Å²) in [4.78, 5) is 17.6. The number of nitrogens with one attached hydrogen (secondary N) is 1. The number of aromatic nitrogens is 1. The molecule has 2 aromatic carbocycles. The minimum atomic E-state index is -5.01. The molecule has 1 atom stereocenters. The molecule has 1 aliphatic carbocycles. The van der Waals surface area contributed by atoms with Crippen molar-refractivity contribution in [2.24, 2.45) is 5.41 Å². The van der Waals surface area contributed by atoms with Gasteiger partial charge in [-0.05, 0) is 48.2 Å². The van der Waals surface area contributed by atoms with Crippen molar-refractivity contribution in [3.63, 3.8) is 0 Å².